The Labute approximate surface area is 108 Å². The highest BCUT2D eigenvalue weighted by molar-refractivity contribution is 5.86. The van der Waals surface area contributed by atoms with Gasteiger partial charge in [0.05, 0.1) is 5.39 Å². The lowest BCUT2D eigenvalue weighted by Crippen LogP contribution is -2.06. The highest BCUT2D eigenvalue weighted by atomic mass is 16.3. The fraction of sp³-hybridized carbons (Fsp3) is 0. The zero-order valence-corrected chi connectivity index (χ0v) is 9.92. The number of hydrogen-bond acceptors (Lipinski definition) is 3. The summed E-state index contributed by atoms with van der Waals surface area (Å²) in [5.74, 6) is 0.243. The molecule has 3 N–H and O–H groups in total. The molecule has 0 fully saturated rings. The van der Waals surface area contributed by atoms with Crippen LogP contribution in [0.25, 0.3) is 22.0 Å². The molecule has 0 unspecified atom stereocenters. The number of aromatic hydroxyl groups is 2. The Morgan fingerprint density at radius 2 is 1.53 bits per heavy atom. The first-order valence-electron chi connectivity index (χ1n) is 5.79. The topological polar surface area (TPSA) is 73.3 Å². The van der Waals surface area contributed by atoms with E-state index in [2.05, 4.69) is 4.98 Å². The van der Waals surface area contributed by atoms with Gasteiger partial charge >= 0.3 is 0 Å². The van der Waals surface area contributed by atoms with E-state index in [1.165, 1.54) is 6.07 Å². The van der Waals surface area contributed by atoms with Crippen molar-refractivity contribution in [2.24, 2.45) is 0 Å². The van der Waals surface area contributed by atoms with Gasteiger partial charge in [0.2, 0.25) is 0 Å². The second kappa shape index (κ2) is 4.17. The number of phenolic OH excluding ortho intramolecular Hbond substituents is 2. The van der Waals surface area contributed by atoms with Crippen molar-refractivity contribution >= 4 is 10.8 Å². The van der Waals surface area contributed by atoms with Gasteiger partial charge in [0.25, 0.3) is 5.56 Å². The minimum absolute atomic E-state index is 0.0652. The molecule has 0 saturated carbocycles. The Hall–Kier alpha value is -2.75. The van der Waals surface area contributed by atoms with E-state index in [1.807, 2.05) is 6.07 Å². The number of hydrogen-bond donors (Lipinski definition) is 3. The van der Waals surface area contributed by atoms with Crippen molar-refractivity contribution in [3.63, 3.8) is 0 Å². The quantitative estimate of drug-likeness (QED) is 0.624. The summed E-state index contributed by atoms with van der Waals surface area (Å²) in [4.78, 5) is 14.7. The summed E-state index contributed by atoms with van der Waals surface area (Å²) in [7, 11) is 0. The third-order valence-electron chi connectivity index (χ3n) is 3.01. The summed E-state index contributed by atoms with van der Waals surface area (Å²) in [5, 5.41) is 19.9. The Morgan fingerprint density at radius 1 is 0.842 bits per heavy atom. The van der Waals surface area contributed by atoms with E-state index < -0.39 is 0 Å². The normalized spacial score (nSPS) is 10.7. The second-order valence-electron chi connectivity index (χ2n) is 4.33. The molecule has 0 aliphatic heterocycles. The molecule has 0 aliphatic carbocycles. The number of H-pyrrole nitrogens is 1. The van der Waals surface area contributed by atoms with Crippen LogP contribution in [0, 0.1) is 0 Å². The molecule has 0 bridgehead atoms. The van der Waals surface area contributed by atoms with Crippen molar-refractivity contribution in [2.45, 2.75) is 0 Å². The smallest absolute Gasteiger partial charge is 0.256 e. The molecule has 2 aromatic carbocycles. The van der Waals surface area contributed by atoms with Crippen molar-refractivity contribution < 1.29 is 10.2 Å². The van der Waals surface area contributed by atoms with Gasteiger partial charge in [0.15, 0.2) is 0 Å². The summed E-state index contributed by atoms with van der Waals surface area (Å²) in [6.45, 7) is 0. The van der Waals surface area contributed by atoms with Crippen LogP contribution in [0.1, 0.15) is 0 Å². The minimum atomic E-state index is -0.253. The van der Waals surface area contributed by atoms with E-state index in [4.69, 9.17) is 0 Å². The molecule has 4 heteroatoms. The molecule has 0 aliphatic rings. The van der Waals surface area contributed by atoms with Gasteiger partial charge < -0.3 is 15.2 Å². The number of benzene rings is 2. The molecule has 1 aromatic heterocycles. The van der Waals surface area contributed by atoms with Crippen LogP contribution in [-0.4, -0.2) is 15.2 Å². The van der Waals surface area contributed by atoms with Crippen LogP contribution in [0.5, 0.6) is 11.5 Å². The number of nitrogens with one attached hydrogen (secondary N) is 1. The number of pyridine rings is 1. The van der Waals surface area contributed by atoms with Crippen molar-refractivity contribution in [3.8, 4) is 22.8 Å². The van der Waals surface area contributed by atoms with E-state index in [9.17, 15) is 15.0 Å². The molecule has 4 nitrogen and oxygen atoms in total. The van der Waals surface area contributed by atoms with Gasteiger partial charge in [-0.3, -0.25) is 4.79 Å². The Bertz CT molecular complexity index is 804. The first-order valence-corrected chi connectivity index (χ1v) is 5.79. The third kappa shape index (κ3) is 2.04. The molecule has 19 heavy (non-hydrogen) atoms. The van der Waals surface area contributed by atoms with Gasteiger partial charge in [-0.25, -0.2) is 0 Å². The van der Waals surface area contributed by atoms with Crippen molar-refractivity contribution in [1.82, 2.24) is 4.98 Å². The Kier molecular flexibility index (Phi) is 2.49. The minimum Gasteiger partial charge on any atom is -0.508 e. The number of aromatic amines is 1. The van der Waals surface area contributed by atoms with Gasteiger partial charge in [0.1, 0.15) is 11.5 Å². The van der Waals surface area contributed by atoms with Crippen LogP contribution in [0.4, 0.5) is 0 Å². The zero-order chi connectivity index (χ0) is 13.4. The summed E-state index contributed by atoms with van der Waals surface area (Å²) in [6, 6.07) is 13.1. The van der Waals surface area contributed by atoms with Gasteiger partial charge in [-0.15, -0.1) is 0 Å². The Morgan fingerprint density at radius 3 is 2.26 bits per heavy atom. The van der Waals surface area contributed by atoms with Crippen molar-refractivity contribution in [2.75, 3.05) is 0 Å². The molecule has 0 radical (unpaired) electrons. The number of fused-ring (bicyclic) bond motifs is 1. The lowest BCUT2D eigenvalue weighted by atomic mass is 10.1. The highest BCUT2D eigenvalue weighted by Crippen LogP contribution is 2.23. The van der Waals surface area contributed by atoms with Crippen LogP contribution in [0.15, 0.2) is 53.3 Å². The van der Waals surface area contributed by atoms with Crippen molar-refractivity contribution in [3.05, 3.63) is 58.9 Å². The first-order chi connectivity index (χ1) is 9.13. The van der Waals surface area contributed by atoms with Gasteiger partial charge in [-0.2, -0.15) is 0 Å². The van der Waals surface area contributed by atoms with E-state index in [1.54, 1.807) is 36.4 Å². The lowest BCUT2D eigenvalue weighted by Gasteiger charge is -2.04. The first kappa shape index (κ1) is 11.3. The fourth-order valence-corrected chi connectivity index (χ4v) is 2.04. The lowest BCUT2D eigenvalue weighted by molar-refractivity contribution is 0.475. The maximum atomic E-state index is 12.0. The molecule has 0 saturated heterocycles. The fourth-order valence-electron chi connectivity index (χ4n) is 2.04. The largest absolute Gasteiger partial charge is 0.508 e. The number of aromatic nitrogens is 1. The average molecular weight is 253 g/mol. The van der Waals surface area contributed by atoms with Crippen LogP contribution in [0.3, 0.4) is 0 Å². The number of rotatable bonds is 1. The van der Waals surface area contributed by atoms with E-state index in [-0.39, 0.29) is 17.1 Å². The predicted octanol–water partition coefficient (Wildman–Crippen LogP) is 2.61. The summed E-state index contributed by atoms with van der Waals surface area (Å²) >= 11 is 0. The summed E-state index contributed by atoms with van der Waals surface area (Å²) in [5.41, 5.74) is 1.23. The van der Waals surface area contributed by atoms with Crippen molar-refractivity contribution in [1.29, 1.82) is 0 Å². The molecule has 3 rings (SSSR count). The van der Waals surface area contributed by atoms with Crippen LogP contribution in [-0.2, 0) is 0 Å². The number of phenols is 2. The van der Waals surface area contributed by atoms with E-state index in [0.717, 1.165) is 10.9 Å². The van der Waals surface area contributed by atoms with Gasteiger partial charge in [-0.1, -0.05) is 6.07 Å². The molecule has 0 spiro atoms. The highest BCUT2D eigenvalue weighted by Gasteiger charge is 2.05. The molecule has 0 atom stereocenters. The van der Waals surface area contributed by atoms with E-state index in [0.29, 0.717) is 11.1 Å². The molecule has 0 amide bonds. The predicted molar refractivity (Wildman–Crippen MR) is 73.3 cm³/mol. The monoisotopic (exact) mass is 253 g/mol. The Balaban J connectivity index is 2.24. The SMILES string of the molecule is O=c1[nH]c(-c2ccc(O)cc2)cc2ccc(O)cc12. The summed E-state index contributed by atoms with van der Waals surface area (Å²) < 4.78 is 0. The van der Waals surface area contributed by atoms with Crippen LogP contribution < -0.4 is 5.56 Å². The summed E-state index contributed by atoms with van der Waals surface area (Å²) in [6.07, 6.45) is 0. The van der Waals surface area contributed by atoms with E-state index >= 15 is 0 Å². The third-order valence-corrected chi connectivity index (χ3v) is 3.01. The van der Waals surface area contributed by atoms with Crippen LogP contribution >= 0.6 is 0 Å². The average Bonchev–Trinajstić information content (AvgIpc) is 2.40. The molecular formula is C15H11NO3. The second-order valence-corrected chi connectivity index (χ2v) is 4.33. The zero-order valence-electron chi connectivity index (χ0n) is 9.92. The van der Waals surface area contributed by atoms with Gasteiger partial charge in [-0.05, 0) is 53.4 Å². The maximum absolute atomic E-state index is 12.0. The molecule has 1 heterocycles. The molecule has 3 aromatic rings. The van der Waals surface area contributed by atoms with Crippen LogP contribution in [0.2, 0.25) is 0 Å². The maximum Gasteiger partial charge on any atom is 0.256 e. The standard InChI is InChI=1S/C15H11NO3/c17-11-4-1-9(2-5-11)14-7-10-3-6-12(18)8-13(10)15(19)16-14/h1-8,17-18H,(H,16,19). The van der Waals surface area contributed by atoms with Gasteiger partial charge in [0, 0.05) is 5.69 Å². The molecule has 94 valence electrons. The molecular weight excluding hydrogens is 242 g/mol.